The predicted molar refractivity (Wildman–Crippen MR) is 90.1 cm³/mol. The zero-order valence-electron chi connectivity index (χ0n) is 13.1. The van der Waals surface area contributed by atoms with Gasteiger partial charge in [0.05, 0.1) is 17.6 Å². The van der Waals surface area contributed by atoms with Crippen molar-refractivity contribution >= 4 is 22.8 Å². The lowest BCUT2D eigenvalue weighted by atomic mass is 10.2. The highest BCUT2D eigenvalue weighted by Crippen LogP contribution is 2.23. The van der Waals surface area contributed by atoms with Crippen molar-refractivity contribution in [3.8, 4) is 11.4 Å². The third kappa shape index (κ3) is 3.47. The topological polar surface area (TPSA) is 85.6 Å². The fraction of sp³-hybridized carbons (Fsp3) is 0.176. The molecule has 0 saturated heterocycles. The van der Waals surface area contributed by atoms with Crippen LogP contribution in [0.25, 0.3) is 16.7 Å². The highest BCUT2D eigenvalue weighted by atomic mass is 16.5. The zero-order chi connectivity index (χ0) is 16.9. The Labute approximate surface area is 138 Å². The van der Waals surface area contributed by atoms with Gasteiger partial charge in [0, 0.05) is 24.6 Å². The van der Waals surface area contributed by atoms with Gasteiger partial charge in [-0.05, 0) is 36.4 Å². The Morgan fingerprint density at radius 1 is 1.21 bits per heavy atom. The molecule has 1 aromatic heterocycles. The van der Waals surface area contributed by atoms with E-state index in [1.807, 2.05) is 34.9 Å². The lowest BCUT2D eigenvalue weighted by molar-refractivity contribution is 0.146. The molecule has 0 atom stereocenters. The van der Waals surface area contributed by atoms with Crippen LogP contribution >= 0.6 is 0 Å². The SMILES string of the molecule is COCCOc1ccc2c(c1)ncn2-c1ccc(NC(=O)O)cc1. The van der Waals surface area contributed by atoms with Crippen molar-refractivity contribution < 1.29 is 19.4 Å². The average molecular weight is 327 g/mol. The molecular weight excluding hydrogens is 310 g/mol. The second-order valence-corrected chi connectivity index (χ2v) is 5.08. The van der Waals surface area contributed by atoms with Gasteiger partial charge in [-0.2, -0.15) is 0 Å². The summed E-state index contributed by atoms with van der Waals surface area (Å²) in [5.74, 6) is 0.741. The van der Waals surface area contributed by atoms with E-state index in [0.717, 1.165) is 22.5 Å². The number of anilines is 1. The highest BCUT2D eigenvalue weighted by Gasteiger charge is 2.07. The molecule has 2 N–H and O–H groups in total. The van der Waals surface area contributed by atoms with Crippen LogP contribution in [-0.2, 0) is 4.74 Å². The number of hydrogen-bond donors (Lipinski definition) is 2. The van der Waals surface area contributed by atoms with Gasteiger partial charge in [0.25, 0.3) is 0 Å². The van der Waals surface area contributed by atoms with E-state index in [9.17, 15) is 4.79 Å². The number of nitrogens with zero attached hydrogens (tertiary/aromatic N) is 2. The second-order valence-electron chi connectivity index (χ2n) is 5.08. The van der Waals surface area contributed by atoms with Crippen LogP contribution in [-0.4, -0.2) is 41.1 Å². The molecule has 0 spiro atoms. The number of imidazole rings is 1. The van der Waals surface area contributed by atoms with Crippen LogP contribution in [0, 0.1) is 0 Å². The van der Waals surface area contributed by atoms with Crippen LogP contribution in [0.4, 0.5) is 10.5 Å². The van der Waals surface area contributed by atoms with Gasteiger partial charge in [-0.15, -0.1) is 0 Å². The van der Waals surface area contributed by atoms with Crippen molar-refractivity contribution in [1.82, 2.24) is 9.55 Å². The molecule has 24 heavy (non-hydrogen) atoms. The first-order valence-electron chi connectivity index (χ1n) is 7.36. The fourth-order valence-corrected chi connectivity index (χ4v) is 2.36. The quantitative estimate of drug-likeness (QED) is 0.679. The molecule has 3 aromatic rings. The number of aromatic nitrogens is 2. The van der Waals surface area contributed by atoms with Crippen LogP contribution in [0.5, 0.6) is 5.75 Å². The minimum Gasteiger partial charge on any atom is -0.491 e. The van der Waals surface area contributed by atoms with Crippen LogP contribution in [0.15, 0.2) is 48.8 Å². The number of ether oxygens (including phenoxy) is 2. The van der Waals surface area contributed by atoms with Crippen LogP contribution in [0.2, 0.25) is 0 Å². The Balaban J connectivity index is 1.83. The Morgan fingerprint density at radius 2 is 2.00 bits per heavy atom. The lowest BCUT2D eigenvalue weighted by Crippen LogP contribution is -2.07. The molecule has 0 unspecified atom stereocenters. The van der Waals surface area contributed by atoms with Gasteiger partial charge < -0.3 is 14.6 Å². The molecule has 0 aliphatic carbocycles. The molecule has 0 aliphatic rings. The van der Waals surface area contributed by atoms with Gasteiger partial charge in [-0.1, -0.05) is 0 Å². The average Bonchev–Trinajstić information content (AvgIpc) is 2.98. The van der Waals surface area contributed by atoms with E-state index in [-0.39, 0.29) is 0 Å². The number of rotatable bonds is 6. The Bertz CT molecular complexity index is 843. The number of amides is 1. The largest absolute Gasteiger partial charge is 0.491 e. The summed E-state index contributed by atoms with van der Waals surface area (Å²) < 4.78 is 12.5. The number of carbonyl (C=O) groups is 1. The minimum atomic E-state index is -1.09. The molecule has 124 valence electrons. The van der Waals surface area contributed by atoms with Crippen molar-refractivity contribution in [2.24, 2.45) is 0 Å². The van der Waals surface area contributed by atoms with Crippen molar-refractivity contribution in [2.75, 3.05) is 25.6 Å². The molecule has 2 aromatic carbocycles. The van der Waals surface area contributed by atoms with E-state index in [1.165, 1.54) is 0 Å². The molecule has 0 bridgehead atoms. The first-order chi connectivity index (χ1) is 11.7. The van der Waals surface area contributed by atoms with E-state index >= 15 is 0 Å². The Morgan fingerprint density at radius 3 is 2.71 bits per heavy atom. The zero-order valence-corrected chi connectivity index (χ0v) is 13.1. The summed E-state index contributed by atoms with van der Waals surface area (Å²) in [4.78, 5) is 15.0. The first-order valence-corrected chi connectivity index (χ1v) is 7.36. The summed E-state index contributed by atoms with van der Waals surface area (Å²) >= 11 is 0. The summed E-state index contributed by atoms with van der Waals surface area (Å²) in [6.07, 6.45) is 0.639. The van der Waals surface area contributed by atoms with Crippen LogP contribution in [0.1, 0.15) is 0 Å². The molecule has 1 heterocycles. The molecule has 0 radical (unpaired) electrons. The Hall–Kier alpha value is -3.06. The van der Waals surface area contributed by atoms with Gasteiger partial charge in [0.2, 0.25) is 0 Å². The number of nitrogens with one attached hydrogen (secondary N) is 1. The third-order valence-corrected chi connectivity index (χ3v) is 3.47. The summed E-state index contributed by atoms with van der Waals surface area (Å²) in [5, 5.41) is 11.0. The van der Waals surface area contributed by atoms with Gasteiger partial charge in [0.1, 0.15) is 18.7 Å². The molecule has 0 aliphatic heterocycles. The highest BCUT2D eigenvalue weighted by molar-refractivity contribution is 5.83. The van der Waals surface area contributed by atoms with E-state index in [4.69, 9.17) is 14.6 Å². The van der Waals surface area contributed by atoms with Crippen molar-refractivity contribution in [3.05, 3.63) is 48.8 Å². The smallest absolute Gasteiger partial charge is 0.409 e. The maximum absolute atomic E-state index is 10.6. The maximum Gasteiger partial charge on any atom is 0.409 e. The second kappa shape index (κ2) is 7.01. The normalized spacial score (nSPS) is 10.7. The van der Waals surface area contributed by atoms with E-state index in [1.54, 1.807) is 25.6 Å². The van der Waals surface area contributed by atoms with Crippen LogP contribution in [0.3, 0.4) is 0 Å². The summed E-state index contributed by atoms with van der Waals surface area (Å²) in [6, 6.07) is 12.8. The first kappa shape index (κ1) is 15.8. The van der Waals surface area contributed by atoms with Crippen molar-refractivity contribution in [3.63, 3.8) is 0 Å². The summed E-state index contributed by atoms with van der Waals surface area (Å²) in [6.45, 7) is 1.02. The monoisotopic (exact) mass is 327 g/mol. The molecule has 1 amide bonds. The van der Waals surface area contributed by atoms with Crippen LogP contribution < -0.4 is 10.1 Å². The van der Waals surface area contributed by atoms with Crippen molar-refractivity contribution in [2.45, 2.75) is 0 Å². The molecule has 0 fully saturated rings. The van der Waals surface area contributed by atoms with Gasteiger partial charge in [0.15, 0.2) is 0 Å². The molecule has 7 nitrogen and oxygen atoms in total. The van der Waals surface area contributed by atoms with Gasteiger partial charge in [-0.25, -0.2) is 9.78 Å². The third-order valence-electron chi connectivity index (χ3n) is 3.47. The van der Waals surface area contributed by atoms with E-state index in [0.29, 0.717) is 18.9 Å². The predicted octanol–water partition coefficient (Wildman–Crippen LogP) is 3.14. The number of methoxy groups -OCH3 is 1. The number of carboxylic acid groups (broad SMARTS) is 1. The van der Waals surface area contributed by atoms with Gasteiger partial charge >= 0.3 is 6.09 Å². The van der Waals surface area contributed by atoms with Gasteiger partial charge in [-0.3, -0.25) is 9.88 Å². The number of benzene rings is 2. The minimum absolute atomic E-state index is 0.487. The summed E-state index contributed by atoms with van der Waals surface area (Å²) in [5.41, 5.74) is 3.16. The molecular formula is C17H17N3O4. The Kier molecular flexibility index (Phi) is 4.62. The fourth-order valence-electron chi connectivity index (χ4n) is 2.36. The number of hydrogen-bond acceptors (Lipinski definition) is 4. The van der Waals surface area contributed by atoms with E-state index < -0.39 is 6.09 Å². The van der Waals surface area contributed by atoms with Crippen molar-refractivity contribution in [1.29, 1.82) is 0 Å². The molecule has 3 rings (SSSR count). The standard InChI is InChI=1S/C17H17N3O4/c1-23-8-9-24-14-6-7-16-15(10-14)18-11-20(16)13-4-2-12(3-5-13)19-17(21)22/h2-7,10-11,19H,8-9H2,1H3,(H,21,22). The molecule has 0 saturated carbocycles. The lowest BCUT2D eigenvalue weighted by Gasteiger charge is -2.07. The maximum atomic E-state index is 10.6. The molecule has 7 heteroatoms. The summed E-state index contributed by atoms with van der Waals surface area (Å²) in [7, 11) is 1.63. The number of fused-ring (bicyclic) bond motifs is 1. The van der Waals surface area contributed by atoms with E-state index in [2.05, 4.69) is 10.3 Å².